The molecule has 0 saturated heterocycles. The van der Waals surface area contributed by atoms with Crippen molar-refractivity contribution in [1.82, 2.24) is 0 Å². The van der Waals surface area contributed by atoms with Crippen molar-refractivity contribution in [3.63, 3.8) is 0 Å². The smallest absolute Gasteiger partial charge is 0.146 e. The summed E-state index contributed by atoms with van der Waals surface area (Å²) in [6.07, 6.45) is 0. The highest BCUT2D eigenvalue weighted by atomic mass is 35.5. The molecule has 0 aromatic heterocycles. The molecule has 0 atom stereocenters. The van der Waals surface area contributed by atoms with Gasteiger partial charge in [0.25, 0.3) is 0 Å². The van der Waals surface area contributed by atoms with Crippen LogP contribution in [0.5, 0.6) is 0 Å². The summed E-state index contributed by atoms with van der Waals surface area (Å²) in [5.74, 6) is -0.254. The number of benzene rings is 1. The molecule has 1 rings (SSSR count). The van der Waals surface area contributed by atoms with Gasteiger partial charge in [0.15, 0.2) is 0 Å². The Labute approximate surface area is 82.9 Å². The lowest BCUT2D eigenvalue weighted by atomic mass is 10.2. The SMILES string of the molecule is Cc1cc(F)c(NC(C)C)cc1Cl. The van der Waals surface area contributed by atoms with Crippen LogP contribution in [0.3, 0.4) is 0 Å². The van der Waals surface area contributed by atoms with Crippen LogP contribution < -0.4 is 5.32 Å². The molecule has 0 amide bonds. The van der Waals surface area contributed by atoms with Gasteiger partial charge in [0.05, 0.1) is 5.69 Å². The van der Waals surface area contributed by atoms with E-state index in [4.69, 9.17) is 11.6 Å². The Morgan fingerprint density at radius 3 is 2.54 bits per heavy atom. The molecule has 1 N–H and O–H groups in total. The first-order chi connectivity index (χ1) is 6.00. The van der Waals surface area contributed by atoms with E-state index < -0.39 is 0 Å². The summed E-state index contributed by atoms with van der Waals surface area (Å²) in [4.78, 5) is 0. The molecular formula is C10H13ClFN. The van der Waals surface area contributed by atoms with Crippen molar-refractivity contribution < 1.29 is 4.39 Å². The van der Waals surface area contributed by atoms with Gasteiger partial charge in [0.1, 0.15) is 5.82 Å². The maximum atomic E-state index is 13.3. The predicted octanol–water partition coefficient (Wildman–Crippen LogP) is 3.61. The second kappa shape index (κ2) is 3.97. The zero-order valence-corrected chi connectivity index (χ0v) is 8.74. The van der Waals surface area contributed by atoms with E-state index in [1.807, 2.05) is 13.8 Å². The fourth-order valence-electron chi connectivity index (χ4n) is 1.07. The fourth-order valence-corrected chi connectivity index (χ4v) is 1.23. The van der Waals surface area contributed by atoms with Gasteiger partial charge < -0.3 is 5.32 Å². The van der Waals surface area contributed by atoms with Crippen molar-refractivity contribution in [1.29, 1.82) is 0 Å². The molecule has 0 spiro atoms. The van der Waals surface area contributed by atoms with Crippen LogP contribution in [0.25, 0.3) is 0 Å². The first kappa shape index (κ1) is 10.3. The van der Waals surface area contributed by atoms with Crippen molar-refractivity contribution in [3.8, 4) is 0 Å². The molecule has 0 radical (unpaired) electrons. The standard InChI is InChI=1S/C10H13ClFN/c1-6(2)13-10-5-8(11)7(3)4-9(10)12/h4-6,13H,1-3H3. The van der Waals surface area contributed by atoms with Crippen molar-refractivity contribution >= 4 is 17.3 Å². The highest BCUT2D eigenvalue weighted by molar-refractivity contribution is 6.31. The highest BCUT2D eigenvalue weighted by Gasteiger charge is 2.06. The van der Waals surface area contributed by atoms with E-state index in [1.165, 1.54) is 6.07 Å². The number of anilines is 1. The van der Waals surface area contributed by atoms with E-state index in [9.17, 15) is 4.39 Å². The Kier molecular flexibility index (Phi) is 3.15. The molecule has 1 nitrogen and oxygen atoms in total. The Balaban J connectivity index is 3.01. The third kappa shape index (κ3) is 2.59. The predicted molar refractivity (Wildman–Crippen MR) is 54.9 cm³/mol. The van der Waals surface area contributed by atoms with Crippen LogP contribution >= 0.6 is 11.6 Å². The Hall–Kier alpha value is -0.760. The van der Waals surface area contributed by atoms with E-state index in [0.29, 0.717) is 10.7 Å². The number of hydrogen-bond donors (Lipinski definition) is 1. The van der Waals surface area contributed by atoms with E-state index in [0.717, 1.165) is 5.56 Å². The number of hydrogen-bond acceptors (Lipinski definition) is 1. The van der Waals surface area contributed by atoms with Crippen LogP contribution in [-0.2, 0) is 0 Å². The third-order valence-corrected chi connectivity index (χ3v) is 2.10. The first-order valence-electron chi connectivity index (χ1n) is 4.23. The van der Waals surface area contributed by atoms with E-state index >= 15 is 0 Å². The first-order valence-corrected chi connectivity index (χ1v) is 4.60. The van der Waals surface area contributed by atoms with E-state index in [-0.39, 0.29) is 11.9 Å². The molecule has 0 unspecified atom stereocenters. The van der Waals surface area contributed by atoms with Gasteiger partial charge in [0.2, 0.25) is 0 Å². The summed E-state index contributed by atoms with van der Waals surface area (Å²) < 4.78 is 13.3. The summed E-state index contributed by atoms with van der Waals surface area (Å²) >= 11 is 5.86. The maximum Gasteiger partial charge on any atom is 0.146 e. The van der Waals surface area contributed by atoms with Crippen LogP contribution in [0, 0.1) is 12.7 Å². The lowest BCUT2D eigenvalue weighted by Gasteiger charge is -2.12. The van der Waals surface area contributed by atoms with Gasteiger partial charge in [-0.1, -0.05) is 11.6 Å². The van der Waals surface area contributed by atoms with Crippen molar-refractivity contribution in [2.24, 2.45) is 0 Å². The summed E-state index contributed by atoms with van der Waals surface area (Å²) in [6, 6.07) is 3.26. The number of aryl methyl sites for hydroxylation is 1. The summed E-state index contributed by atoms with van der Waals surface area (Å²) in [5, 5.41) is 3.57. The summed E-state index contributed by atoms with van der Waals surface area (Å²) in [5.41, 5.74) is 1.22. The fraction of sp³-hybridized carbons (Fsp3) is 0.400. The molecule has 0 heterocycles. The maximum absolute atomic E-state index is 13.3. The van der Waals surface area contributed by atoms with Crippen molar-refractivity contribution in [3.05, 3.63) is 28.5 Å². The highest BCUT2D eigenvalue weighted by Crippen LogP contribution is 2.24. The molecule has 0 aliphatic carbocycles. The van der Waals surface area contributed by atoms with Gasteiger partial charge in [-0.3, -0.25) is 0 Å². The number of nitrogens with one attached hydrogen (secondary N) is 1. The quantitative estimate of drug-likeness (QED) is 0.771. The summed E-state index contributed by atoms with van der Waals surface area (Å²) in [7, 11) is 0. The normalized spacial score (nSPS) is 10.6. The van der Waals surface area contributed by atoms with E-state index in [1.54, 1.807) is 13.0 Å². The van der Waals surface area contributed by atoms with Gasteiger partial charge in [-0.15, -0.1) is 0 Å². The Morgan fingerprint density at radius 2 is 2.00 bits per heavy atom. The molecule has 0 aliphatic rings. The average Bonchev–Trinajstić information content (AvgIpc) is 1.99. The number of rotatable bonds is 2. The minimum atomic E-state index is -0.254. The molecule has 0 bridgehead atoms. The van der Waals surface area contributed by atoms with Crippen molar-refractivity contribution in [2.75, 3.05) is 5.32 Å². The molecule has 0 saturated carbocycles. The zero-order chi connectivity index (χ0) is 10.0. The molecule has 0 aliphatic heterocycles. The van der Waals surface area contributed by atoms with Crippen LogP contribution in [0.1, 0.15) is 19.4 Å². The van der Waals surface area contributed by atoms with Gasteiger partial charge in [-0.05, 0) is 38.5 Å². The molecule has 13 heavy (non-hydrogen) atoms. The Morgan fingerprint density at radius 1 is 1.38 bits per heavy atom. The summed E-state index contributed by atoms with van der Waals surface area (Å²) in [6.45, 7) is 5.69. The van der Waals surface area contributed by atoms with Gasteiger partial charge in [-0.2, -0.15) is 0 Å². The Bertz CT molecular complexity index is 310. The third-order valence-electron chi connectivity index (χ3n) is 1.69. The van der Waals surface area contributed by atoms with Gasteiger partial charge >= 0.3 is 0 Å². The molecular weight excluding hydrogens is 189 g/mol. The van der Waals surface area contributed by atoms with Crippen LogP contribution in [0.4, 0.5) is 10.1 Å². The average molecular weight is 202 g/mol. The molecule has 1 aromatic carbocycles. The second-order valence-corrected chi connectivity index (χ2v) is 3.79. The van der Waals surface area contributed by atoms with E-state index in [2.05, 4.69) is 5.32 Å². The van der Waals surface area contributed by atoms with Crippen LogP contribution in [-0.4, -0.2) is 6.04 Å². The minimum Gasteiger partial charge on any atom is -0.380 e. The largest absolute Gasteiger partial charge is 0.380 e. The van der Waals surface area contributed by atoms with Crippen LogP contribution in [0.15, 0.2) is 12.1 Å². The molecule has 72 valence electrons. The molecule has 0 fully saturated rings. The van der Waals surface area contributed by atoms with Gasteiger partial charge in [0, 0.05) is 11.1 Å². The number of halogens is 2. The second-order valence-electron chi connectivity index (χ2n) is 3.38. The zero-order valence-electron chi connectivity index (χ0n) is 7.99. The van der Waals surface area contributed by atoms with Crippen LogP contribution in [0.2, 0.25) is 5.02 Å². The molecule has 3 heteroatoms. The lowest BCUT2D eigenvalue weighted by molar-refractivity contribution is 0.627. The topological polar surface area (TPSA) is 12.0 Å². The molecule has 1 aromatic rings. The monoisotopic (exact) mass is 201 g/mol. The van der Waals surface area contributed by atoms with Gasteiger partial charge in [-0.25, -0.2) is 4.39 Å². The van der Waals surface area contributed by atoms with Crippen molar-refractivity contribution in [2.45, 2.75) is 26.8 Å². The lowest BCUT2D eigenvalue weighted by Crippen LogP contribution is -2.11. The minimum absolute atomic E-state index is 0.202.